The van der Waals surface area contributed by atoms with Crippen molar-refractivity contribution in [2.45, 2.75) is 39.0 Å². The first-order valence-electron chi connectivity index (χ1n) is 14.4. The number of likely N-dealkylation sites (tertiary alicyclic amines) is 2. The van der Waals surface area contributed by atoms with E-state index in [-0.39, 0.29) is 28.6 Å². The van der Waals surface area contributed by atoms with Crippen molar-refractivity contribution in [1.29, 1.82) is 0 Å². The fourth-order valence-electron chi connectivity index (χ4n) is 6.52. The maximum Gasteiger partial charge on any atom is 0.222 e. The first kappa shape index (κ1) is 28.8. The minimum absolute atomic E-state index is 0.164. The molecule has 7 heteroatoms. The maximum atomic E-state index is 14.2. The lowest BCUT2D eigenvalue weighted by molar-refractivity contribution is -0.127. The Morgan fingerprint density at radius 1 is 0.829 bits per heavy atom. The van der Waals surface area contributed by atoms with Crippen LogP contribution in [0.25, 0.3) is 0 Å². The van der Waals surface area contributed by atoms with Crippen LogP contribution >= 0.6 is 0 Å². The molecule has 3 aromatic rings. The number of Topliss-reactive ketones (excluding diaryl/α,β-unsaturated/α-hetero) is 2. The van der Waals surface area contributed by atoms with Crippen LogP contribution in [0.2, 0.25) is 0 Å². The Morgan fingerprint density at radius 2 is 1.41 bits per heavy atom. The summed E-state index contributed by atoms with van der Waals surface area (Å²) in [6, 6.07) is 17.3. The molecule has 3 aromatic carbocycles. The number of carbonyl (C=O) groups excluding carboxylic acids is 3. The molecule has 0 radical (unpaired) electrons. The van der Waals surface area contributed by atoms with Gasteiger partial charge in [0, 0.05) is 61.5 Å². The standard InChI is InChI=1S/C34H36F2N2O3/c1-22-8-3-13-28(23(22)2)32-29(33(40)24-9-4-11-26(35)18-24)20-37(15-7-17-38-16-6-14-31(38)39)21-30(32)34(41)25-10-5-12-27(36)19-25/h3-5,8-13,18-19,29-30,32H,6-7,14-17,20-21H2,1-2H3/t29-,30+,32?. The second kappa shape index (κ2) is 12.4. The van der Waals surface area contributed by atoms with Gasteiger partial charge in [0.15, 0.2) is 11.6 Å². The van der Waals surface area contributed by atoms with Gasteiger partial charge in [-0.15, -0.1) is 0 Å². The van der Waals surface area contributed by atoms with Crippen molar-refractivity contribution in [3.8, 4) is 0 Å². The highest BCUT2D eigenvalue weighted by atomic mass is 19.1. The van der Waals surface area contributed by atoms with Crippen LogP contribution in [0.1, 0.15) is 62.6 Å². The number of benzene rings is 3. The van der Waals surface area contributed by atoms with Gasteiger partial charge in [-0.2, -0.15) is 0 Å². The third-order valence-electron chi connectivity index (χ3n) is 8.75. The molecule has 0 aliphatic carbocycles. The molecule has 3 atom stereocenters. The lowest BCUT2D eigenvalue weighted by atomic mass is 9.67. The van der Waals surface area contributed by atoms with Crippen LogP contribution in [0, 0.1) is 37.3 Å². The third kappa shape index (κ3) is 6.30. The second-order valence-corrected chi connectivity index (χ2v) is 11.4. The molecule has 2 aliphatic rings. The number of carbonyl (C=O) groups is 3. The van der Waals surface area contributed by atoms with Crippen molar-refractivity contribution in [2.75, 3.05) is 32.7 Å². The van der Waals surface area contributed by atoms with Crippen LogP contribution in [0.15, 0.2) is 66.7 Å². The van der Waals surface area contributed by atoms with Crippen molar-refractivity contribution < 1.29 is 23.2 Å². The number of aryl methyl sites for hydroxylation is 1. The van der Waals surface area contributed by atoms with Crippen molar-refractivity contribution in [1.82, 2.24) is 9.80 Å². The van der Waals surface area contributed by atoms with Gasteiger partial charge >= 0.3 is 0 Å². The summed E-state index contributed by atoms with van der Waals surface area (Å²) in [4.78, 5) is 44.4. The fraction of sp³-hybridized carbons (Fsp3) is 0.382. The van der Waals surface area contributed by atoms with E-state index in [0.717, 1.165) is 29.7 Å². The molecule has 5 rings (SSSR count). The van der Waals surface area contributed by atoms with E-state index in [1.54, 1.807) is 12.1 Å². The van der Waals surface area contributed by atoms with Gasteiger partial charge in [-0.25, -0.2) is 8.78 Å². The molecular formula is C34H36F2N2O3. The Hall–Kier alpha value is -3.71. The lowest BCUT2D eigenvalue weighted by Crippen LogP contribution is -2.51. The molecule has 2 aliphatic heterocycles. The zero-order valence-electron chi connectivity index (χ0n) is 23.6. The Labute approximate surface area is 240 Å². The Morgan fingerprint density at radius 3 is 1.95 bits per heavy atom. The monoisotopic (exact) mass is 558 g/mol. The Balaban J connectivity index is 1.54. The zero-order chi connectivity index (χ0) is 29.1. The number of halogens is 2. The van der Waals surface area contributed by atoms with Crippen LogP contribution < -0.4 is 0 Å². The van der Waals surface area contributed by atoms with Crippen LogP contribution in [-0.2, 0) is 4.79 Å². The normalized spacial score (nSPS) is 21.3. The molecular weight excluding hydrogens is 522 g/mol. The lowest BCUT2D eigenvalue weighted by Gasteiger charge is -2.44. The maximum absolute atomic E-state index is 14.2. The van der Waals surface area contributed by atoms with Gasteiger partial charge in [-0.3, -0.25) is 14.4 Å². The van der Waals surface area contributed by atoms with Gasteiger partial charge in [0.25, 0.3) is 0 Å². The summed E-state index contributed by atoms with van der Waals surface area (Å²) in [7, 11) is 0. The van der Waals surface area contributed by atoms with Crippen LogP contribution in [0.3, 0.4) is 0 Å². The Bertz CT molecular complexity index is 1390. The molecule has 2 heterocycles. The average Bonchev–Trinajstić information content (AvgIpc) is 3.37. The summed E-state index contributed by atoms with van der Waals surface area (Å²) in [6.07, 6.45) is 2.16. The summed E-state index contributed by atoms with van der Waals surface area (Å²) in [5.41, 5.74) is 3.51. The molecule has 1 amide bonds. The van der Waals surface area contributed by atoms with E-state index in [0.29, 0.717) is 39.0 Å². The predicted molar refractivity (Wildman–Crippen MR) is 154 cm³/mol. The van der Waals surface area contributed by atoms with E-state index in [2.05, 4.69) is 4.90 Å². The van der Waals surface area contributed by atoms with Crippen LogP contribution in [0.4, 0.5) is 8.78 Å². The first-order chi connectivity index (χ1) is 19.7. The molecule has 2 fully saturated rings. The first-order valence-corrected chi connectivity index (χ1v) is 14.4. The van der Waals surface area contributed by atoms with Gasteiger partial charge in [-0.1, -0.05) is 42.5 Å². The van der Waals surface area contributed by atoms with E-state index >= 15 is 0 Å². The highest BCUT2D eigenvalue weighted by Crippen LogP contribution is 2.42. The van der Waals surface area contributed by atoms with Gasteiger partial charge in [0.1, 0.15) is 11.6 Å². The number of ketones is 2. The number of amides is 1. The summed E-state index contributed by atoms with van der Waals surface area (Å²) in [5.74, 6) is -2.97. The smallest absolute Gasteiger partial charge is 0.222 e. The second-order valence-electron chi connectivity index (χ2n) is 11.4. The van der Waals surface area contributed by atoms with Gasteiger partial charge in [-0.05, 0) is 74.2 Å². The average molecular weight is 559 g/mol. The van der Waals surface area contributed by atoms with E-state index < -0.39 is 29.4 Å². The highest BCUT2D eigenvalue weighted by molar-refractivity contribution is 6.02. The molecule has 5 nitrogen and oxygen atoms in total. The molecule has 41 heavy (non-hydrogen) atoms. The molecule has 214 valence electrons. The van der Waals surface area contributed by atoms with E-state index in [1.165, 1.54) is 36.4 Å². The number of piperidine rings is 1. The molecule has 1 unspecified atom stereocenters. The number of hydrogen-bond donors (Lipinski definition) is 0. The largest absolute Gasteiger partial charge is 0.343 e. The van der Waals surface area contributed by atoms with Crippen molar-refractivity contribution >= 4 is 17.5 Å². The summed E-state index contributed by atoms with van der Waals surface area (Å²) < 4.78 is 28.5. The molecule has 2 saturated heterocycles. The quantitative estimate of drug-likeness (QED) is 0.303. The van der Waals surface area contributed by atoms with E-state index in [1.807, 2.05) is 36.9 Å². The molecule has 0 saturated carbocycles. The molecule has 0 spiro atoms. The fourth-order valence-corrected chi connectivity index (χ4v) is 6.52. The number of hydrogen-bond acceptors (Lipinski definition) is 4. The third-order valence-corrected chi connectivity index (χ3v) is 8.75. The number of nitrogens with zero attached hydrogens (tertiary/aromatic N) is 2. The van der Waals surface area contributed by atoms with Crippen LogP contribution in [-0.4, -0.2) is 60.0 Å². The summed E-state index contributed by atoms with van der Waals surface area (Å²) in [6.45, 7) is 6.78. The minimum Gasteiger partial charge on any atom is -0.343 e. The van der Waals surface area contributed by atoms with Gasteiger partial charge in [0.05, 0.1) is 0 Å². The predicted octanol–water partition coefficient (Wildman–Crippen LogP) is 5.99. The van der Waals surface area contributed by atoms with Gasteiger partial charge in [0.2, 0.25) is 5.91 Å². The molecule has 0 aromatic heterocycles. The minimum atomic E-state index is -0.623. The van der Waals surface area contributed by atoms with Crippen molar-refractivity contribution in [3.63, 3.8) is 0 Å². The molecule has 0 bridgehead atoms. The highest BCUT2D eigenvalue weighted by Gasteiger charge is 2.45. The van der Waals surface area contributed by atoms with E-state index in [9.17, 15) is 23.2 Å². The van der Waals surface area contributed by atoms with E-state index in [4.69, 9.17) is 0 Å². The van der Waals surface area contributed by atoms with Gasteiger partial charge < -0.3 is 9.80 Å². The summed E-state index contributed by atoms with van der Waals surface area (Å²) in [5, 5.41) is 0. The summed E-state index contributed by atoms with van der Waals surface area (Å²) >= 11 is 0. The Kier molecular flexibility index (Phi) is 8.74. The topological polar surface area (TPSA) is 57.7 Å². The van der Waals surface area contributed by atoms with Crippen molar-refractivity contribution in [3.05, 3.63) is 106 Å². The molecule has 0 N–H and O–H groups in total. The van der Waals surface area contributed by atoms with Crippen molar-refractivity contribution in [2.24, 2.45) is 11.8 Å². The zero-order valence-corrected chi connectivity index (χ0v) is 23.6. The SMILES string of the molecule is Cc1cccc(C2[C@@H](C(=O)c3cccc(F)c3)CN(CCCN3CCCC3=O)C[C@H]2C(=O)c2cccc(F)c2)c1C. The van der Waals surface area contributed by atoms with Crippen LogP contribution in [0.5, 0.6) is 0 Å². The number of rotatable bonds is 9.